The third kappa shape index (κ3) is 7.93. The number of alkyl halides is 4. The molecular weight excluding hydrogens is 784 g/mol. The van der Waals surface area contributed by atoms with Gasteiger partial charge in [0, 0.05) is 55.3 Å². The minimum atomic E-state index is -3.50. The predicted octanol–water partition coefficient (Wildman–Crippen LogP) is 7.42. The maximum absolute atomic E-state index is 15.0. The average Bonchev–Trinajstić information content (AvgIpc) is 3.78. The van der Waals surface area contributed by atoms with Gasteiger partial charge in [0.25, 0.3) is 12.3 Å². The van der Waals surface area contributed by atoms with Crippen LogP contribution >= 0.6 is 23.5 Å². The van der Waals surface area contributed by atoms with Gasteiger partial charge in [0.1, 0.15) is 40.9 Å². The molecule has 4 heterocycles. The first kappa shape index (κ1) is 39.5. The van der Waals surface area contributed by atoms with Gasteiger partial charge in [-0.25, -0.2) is 22.5 Å². The van der Waals surface area contributed by atoms with Crippen LogP contribution in [0.25, 0.3) is 22.0 Å². The van der Waals surface area contributed by atoms with E-state index in [1.807, 2.05) is 6.26 Å². The van der Waals surface area contributed by atoms with Crippen molar-refractivity contribution in [2.45, 2.75) is 62.6 Å². The summed E-state index contributed by atoms with van der Waals surface area (Å²) in [5.41, 5.74) is -1.32. The Hall–Kier alpha value is -4.76. The molecule has 10 nitrogen and oxygen atoms in total. The number of aliphatic hydroxyl groups is 1. The molecule has 18 heteroatoms. The molecule has 2 aromatic carbocycles. The summed E-state index contributed by atoms with van der Waals surface area (Å²) in [5, 5.41) is 23.1. The fraction of sp³-hybridized carbons (Fsp3) is 0.368. The Kier molecular flexibility index (Phi) is 11.0. The maximum Gasteiger partial charge on any atom is 0.290 e. The molecule has 5 aromatic rings. The van der Waals surface area contributed by atoms with Crippen molar-refractivity contribution in [3.05, 3.63) is 93.0 Å². The van der Waals surface area contributed by atoms with E-state index in [1.165, 1.54) is 11.9 Å². The third-order valence-electron chi connectivity index (χ3n) is 9.74. The number of nitrogens with zero attached hydrogens (tertiary/aromatic N) is 5. The molecule has 3 N–H and O–H groups in total. The zero-order valence-electron chi connectivity index (χ0n) is 29.9. The summed E-state index contributed by atoms with van der Waals surface area (Å²) in [5.74, 6) is 0.0540. The second-order valence-corrected chi connectivity index (χ2v) is 14.6. The van der Waals surface area contributed by atoms with E-state index in [1.54, 1.807) is 36.0 Å². The number of carbonyl (C=O) groups is 1. The molecule has 2 aliphatic rings. The Balaban J connectivity index is 1.38. The van der Waals surface area contributed by atoms with Gasteiger partial charge in [0.15, 0.2) is 5.82 Å². The quantitative estimate of drug-likeness (QED) is 0.0758. The van der Waals surface area contributed by atoms with Gasteiger partial charge in [0.2, 0.25) is 5.91 Å². The summed E-state index contributed by atoms with van der Waals surface area (Å²) in [6, 6.07) is 8.26. The van der Waals surface area contributed by atoms with Gasteiger partial charge in [-0.2, -0.15) is 19.0 Å². The molecule has 0 spiro atoms. The maximum atomic E-state index is 15.0. The van der Waals surface area contributed by atoms with Crippen molar-refractivity contribution in [1.29, 1.82) is 0 Å². The number of benzene rings is 2. The number of pyridine rings is 1. The smallest absolute Gasteiger partial charge is 0.290 e. The van der Waals surface area contributed by atoms with Gasteiger partial charge in [-0.3, -0.25) is 14.2 Å². The minimum Gasteiger partial charge on any atom is -0.381 e. The van der Waals surface area contributed by atoms with Crippen LogP contribution in [0.15, 0.2) is 42.5 Å². The highest BCUT2D eigenvalue weighted by Crippen LogP contribution is 2.45. The number of hydrogen-bond donors (Lipinski definition) is 3. The van der Waals surface area contributed by atoms with Gasteiger partial charge < -0.3 is 19.9 Å². The van der Waals surface area contributed by atoms with Crippen molar-refractivity contribution in [2.75, 3.05) is 24.2 Å². The lowest BCUT2D eigenvalue weighted by Gasteiger charge is -2.26. The van der Waals surface area contributed by atoms with E-state index in [0.29, 0.717) is 56.8 Å². The summed E-state index contributed by atoms with van der Waals surface area (Å²) < 4.78 is 97.6. The lowest BCUT2D eigenvalue weighted by atomic mass is 9.93. The Bertz CT molecular complexity index is 2370. The van der Waals surface area contributed by atoms with Gasteiger partial charge in [0.05, 0.1) is 40.9 Å². The van der Waals surface area contributed by atoms with E-state index < -0.39 is 65.9 Å². The van der Waals surface area contributed by atoms with Gasteiger partial charge in [-0.15, -0.1) is 0 Å². The van der Waals surface area contributed by atoms with Gasteiger partial charge in [-0.1, -0.05) is 35.5 Å². The number of aryl methyl sites for hydroxylation is 1. The van der Waals surface area contributed by atoms with E-state index in [0.717, 1.165) is 12.1 Å². The molecule has 0 radical (unpaired) electrons. The van der Waals surface area contributed by atoms with Gasteiger partial charge in [-0.05, 0) is 54.7 Å². The zero-order valence-corrected chi connectivity index (χ0v) is 31.5. The number of carbonyl (C=O) groups excluding carboxylic acids is 1. The Morgan fingerprint density at radius 1 is 1.05 bits per heavy atom. The number of ether oxygens (including phenoxy) is 1. The molecule has 1 fully saturated rings. The topological polar surface area (TPSA) is 119 Å². The van der Waals surface area contributed by atoms with E-state index in [4.69, 9.17) is 21.3 Å². The second kappa shape index (κ2) is 15.6. The Morgan fingerprint density at radius 3 is 2.46 bits per heavy atom. The lowest BCUT2D eigenvalue weighted by Crippen LogP contribution is -2.35. The number of aromatic nitrogens is 5. The normalized spacial score (nSPS) is 16.4. The number of fused-ring (bicyclic) bond motifs is 2. The van der Waals surface area contributed by atoms with E-state index in [2.05, 4.69) is 32.1 Å². The highest BCUT2D eigenvalue weighted by Gasteiger charge is 2.46. The predicted molar refractivity (Wildman–Crippen MR) is 198 cm³/mol. The van der Waals surface area contributed by atoms with Crippen LogP contribution in [0.3, 0.4) is 0 Å². The van der Waals surface area contributed by atoms with Crippen LogP contribution in [-0.4, -0.2) is 60.6 Å². The Morgan fingerprint density at radius 2 is 1.77 bits per heavy atom. The molecule has 294 valence electrons. The monoisotopic (exact) mass is 817 g/mol. The summed E-state index contributed by atoms with van der Waals surface area (Å²) in [6.07, 6.45) is -2.14. The second-order valence-electron chi connectivity index (χ2n) is 13.6. The van der Waals surface area contributed by atoms with Crippen molar-refractivity contribution in [1.82, 2.24) is 29.9 Å². The number of rotatable bonds is 10. The molecule has 1 aliphatic heterocycles. The van der Waals surface area contributed by atoms with E-state index in [9.17, 15) is 36.2 Å². The SMILES string of the molecule is CSNc1nn(C)c2c(-c3ccc(C#CC4(O)CCOCC4)nc3[C@H](Cc3cc(F)cc(F)c3)NC(=O)Cn3nc(C(F)F)c4c3C(F)(F)CC4)ccc(Cl)c12. The first-order valence-electron chi connectivity index (χ1n) is 17.5. The summed E-state index contributed by atoms with van der Waals surface area (Å²) in [6.45, 7) is -0.273. The molecule has 1 saturated heterocycles. The molecule has 1 amide bonds. The number of hydrogen-bond acceptors (Lipinski definition) is 8. The third-order valence-corrected chi connectivity index (χ3v) is 10.5. The lowest BCUT2D eigenvalue weighted by molar-refractivity contribution is -0.122. The molecule has 0 saturated carbocycles. The first-order chi connectivity index (χ1) is 26.7. The standard InChI is InChI=1S/C38H34ClF6N7O3S/c1-51-33-25(5-6-27(39)30(33)36(49-51)50-56-2)24-4-3-23(7-9-37(54)11-13-55-14-12-37)46-31(24)28(17-20-15-21(40)18-22(41)16-20)47-29(53)19-52-34-26(8-10-38(34,44)45)32(48-52)35(42)43/h3-6,15-16,18,28,35,54H,8,10-14,17,19H2,1-2H3,(H,47,53)(H,49,50)/t28-/m0/s1. The zero-order chi connectivity index (χ0) is 39.9. The van der Waals surface area contributed by atoms with Crippen molar-refractivity contribution in [3.8, 4) is 23.0 Å². The van der Waals surface area contributed by atoms with Crippen LogP contribution in [0.4, 0.5) is 32.2 Å². The van der Waals surface area contributed by atoms with Crippen molar-refractivity contribution in [3.63, 3.8) is 0 Å². The Labute approximate surface area is 326 Å². The van der Waals surface area contributed by atoms with E-state index in [-0.39, 0.29) is 48.2 Å². The molecule has 0 unspecified atom stereocenters. The molecule has 1 aliphatic carbocycles. The van der Waals surface area contributed by atoms with Crippen LogP contribution in [0, 0.1) is 23.5 Å². The van der Waals surface area contributed by atoms with E-state index >= 15 is 0 Å². The highest BCUT2D eigenvalue weighted by atomic mass is 35.5. The van der Waals surface area contributed by atoms with Crippen LogP contribution in [-0.2, 0) is 41.9 Å². The fourth-order valence-electron chi connectivity index (χ4n) is 7.24. The van der Waals surface area contributed by atoms with Gasteiger partial charge >= 0.3 is 0 Å². The molecule has 7 rings (SSSR count). The van der Waals surface area contributed by atoms with Crippen molar-refractivity contribution >= 4 is 46.2 Å². The molecule has 56 heavy (non-hydrogen) atoms. The van der Waals surface area contributed by atoms with Crippen LogP contribution in [0.2, 0.25) is 5.02 Å². The van der Waals surface area contributed by atoms with Crippen molar-refractivity contribution in [2.24, 2.45) is 7.05 Å². The number of amides is 1. The largest absolute Gasteiger partial charge is 0.381 e. The summed E-state index contributed by atoms with van der Waals surface area (Å²) in [4.78, 5) is 18.7. The summed E-state index contributed by atoms with van der Waals surface area (Å²) in [7, 11) is 1.70. The molecule has 3 aromatic heterocycles. The minimum absolute atomic E-state index is 0.105. The van der Waals surface area contributed by atoms with Crippen LogP contribution in [0.5, 0.6) is 0 Å². The van der Waals surface area contributed by atoms with Crippen molar-refractivity contribution < 1.29 is 41.0 Å². The van der Waals surface area contributed by atoms with Crippen LogP contribution in [0.1, 0.15) is 65.6 Å². The number of halogens is 7. The number of anilines is 1. The highest BCUT2D eigenvalue weighted by molar-refractivity contribution is 7.99. The molecular formula is C38H34ClF6N7O3S. The molecule has 1 atom stereocenters. The summed E-state index contributed by atoms with van der Waals surface area (Å²) >= 11 is 7.98. The number of nitrogens with one attached hydrogen (secondary N) is 2. The fourth-order valence-corrected chi connectivity index (χ4v) is 7.81. The molecule has 0 bridgehead atoms. The average molecular weight is 818 g/mol. The first-order valence-corrected chi connectivity index (χ1v) is 19.1. The van der Waals surface area contributed by atoms with Crippen LogP contribution < -0.4 is 10.0 Å².